The van der Waals surface area contributed by atoms with Crippen molar-refractivity contribution in [3.8, 4) is 5.75 Å². The van der Waals surface area contributed by atoms with E-state index in [1.54, 1.807) is 31.4 Å². The van der Waals surface area contributed by atoms with E-state index in [9.17, 15) is 9.90 Å². The molecule has 0 fully saturated rings. The van der Waals surface area contributed by atoms with Gasteiger partial charge in [0.2, 0.25) is 0 Å². The number of nitrogens with zero attached hydrogens (tertiary/aromatic N) is 1. The largest absolute Gasteiger partial charge is 0.507 e. The molecule has 0 aliphatic rings. The van der Waals surface area contributed by atoms with Crippen LogP contribution in [-0.4, -0.2) is 9.67 Å². The first-order valence-electron chi connectivity index (χ1n) is 4.08. The van der Waals surface area contributed by atoms with Crippen LogP contribution in [0, 0.1) is 0 Å². The Bertz CT molecular complexity index is 560. The highest BCUT2D eigenvalue weighted by Crippen LogP contribution is 2.28. The van der Waals surface area contributed by atoms with Gasteiger partial charge in [-0.1, -0.05) is 6.07 Å². The van der Waals surface area contributed by atoms with Gasteiger partial charge in [0, 0.05) is 23.1 Å². The van der Waals surface area contributed by atoms with Crippen molar-refractivity contribution in [1.82, 2.24) is 4.57 Å². The van der Waals surface area contributed by atoms with Crippen LogP contribution in [0.2, 0.25) is 0 Å². The van der Waals surface area contributed by atoms with Crippen molar-refractivity contribution in [3.05, 3.63) is 39.2 Å². The maximum Gasteiger partial charge on any atom is 0.258 e. The SMILES string of the molecule is Cn1cc(Br)c2c(O)cccc2c1=O. The van der Waals surface area contributed by atoms with Crippen LogP contribution in [0.25, 0.3) is 10.8 Å². The number of aromatic hydroxyl groups is 1. The van der Waals surface area contributed by atoms with Gasteiger partial charge in [-0.25, -0.2) is 0 Å². The zero-order valence-electron chi connectivity index (χ0n) is 7.49. The summed E-state index contributed by atoms with van der Waals surface area (Å²) < 4.78 is 2.19. The van der Waals surface area contributed by atoms with Gasteiger partial charge in [-0.2, -0.15) is 0 Å². The van der Waals surface area contributed by atoms with Crippen molar-refractivity contribution in [2.45, 2.75) is 0 Å². The van der Waals surface area contributed by atoms with Crippen molar-refractivity contribution in [3.63, 3.8) is 0 Å². The van der Waals surface area contributed by atoms with Crippen LogP contribution < -0.4 is 5.56 Å². The van der Waals surface area contributed by atoms with Crippen LogP contribution in [-0.2, 0) is 7.05 Å². The van der Waals surface area contributed by atoms with Crippen molar-refractivity contribution >= 4 is 26.7 Å². The van der Waals surface area contributed by atoms with Crippen LogP contribution in [0.1, 0.15) is 0 Å². The minimum absolute atomic E-state index is 0.112. The summed E-state index contributed by atoms with van der Waals surface area (Å²) in [6.07, 6.45) is 1.64. The zero-order chi connectivity index (χ0) is 10.3. The van der Waals surface area contributed by atoms with Crippen molar-refractivity contribution in [1.29, 1.82) is 0 Å². The summed E-state index contributed by atoms with van der Waals surface area (Å²) in [7, 11) is 1.68. The molecule has 3 nitrogen and oxygen atoms in total. The van der Waals surface area contributed by atoms with E-state index in [0.29, 0.717) is 15.2 Å². The summed E-state index contributed by atoms with van der Waals surface area (Å²) in [4.78, 5) is 11.7. The number of rotatable bonds is 0. The summed E-state index contributed by atoms with van der Waals surface area (Å²) >= 11 is 3.31. The Morgan fingerprint density at radius 2 is 2.14 bits per heavy atom. The molecule has 72 valence electrons. The minimum Gasteiger partial charge on any atom is -0.507 e. The highest BCUT2D eigenvalue weighted by molar-refractivity contribution is 9.10. The van der Waals surface area contributed by atoms with Crippen molar-refractivity contribution < 1.29 is 5.11 Å². The van der Waals surface area contributed by atoms with Crippen LogP contribution in [0.15, 0.2) is 33.7 Å². The Kier molecular flexibility index (Phi) is 2.07. The van der Waals surface area contributed by atoms with E-state index < -0.39 is 0 Å². The molecule has 0 atom stereocenters. The van der Waals surface area contributed by atoms with E-state index in [-0.39, 0.29) is 11.3 Å². The number of phenolic OH excluding ortho intramolecular Hbond substituents is 1. The molecule has 1 heterocycles. The molecule has 2 rings (SSSR count). The molecule has 0 spiro atoms. The number of phenols is 1. The number of aromatic nitrogens is 1. The smallest absolute Gasteiger partial charge is 0.258 e. The van der Waals surface area contributed by atoms with Crippen LogP contribution >= 0.6 is 15.9 Å². The number of fused-ring (bicyclic) bond motifs is 1. The monoisotopic (exact) mass is 253 g/mol. The van der Waals surface area contributed by atoms with E-state index in [4.69, 9.17) is 0 Å². The molecule has 1 N–H and O–H groups in total. The van der Waals surface area contributed by atoms with Crippen LogP contribution in [0.5, 0.6) is 5.75 Å². The lowest BCUT2D eigenvalue weighted by atomic mass is 10.1. The maximum atomic E-state index is 11.7. The third-order valence-corrected chi connectivity index (χ3v) is 2.74. The average molecular weight is 254 g/mol. The molecule has 1 aromatic carbocycles. The van der Waals surface area contributed by atoms with Gasteiger partial charge in [0.15, 0.2) is 0 Å². The Morgan fingerprint density at radius 3 is 2.86 bits per heavy atom. The minimum atomic E-state index is -0.112. The molecular formula is C10H8BrNO2. The lowest BCUT2D eigenvalue weighted by Gasteiger charge is -2.05. The first-order valence-corrected chi connectivity index (χ1v) is 4.87. The lowest BCUT2D eigenvalue weighted by Crippen LogP contribution is -2.15. The quantitative estimate of drug-likeness (QED) is 0.781. The Morgan fingerprint density at radius 1 is 1.43 bits per heavy atom. The Hall–Kier alpha value is -1.29. The lowest BCUT2D eigenvalue weighted by molar-refractivity contribution is 0.481. The van der Waals surface area contributed by atoms with E-state index in [2.05, 4.69) is 15.9 Å². The number of aryl methyl sites for hydroxylation is 1. The van der Waals surface area contributed by atoms with E-state index in [1.807, 2.05) is 0 Å². The third kappa shape index (κ3) is 1.23. The van der Waals surface area contributed by atoms with Gasteiger partial charge >= 0.3 is 0 Å². The Labute approximate surface area is 88.7 Å². The Balaban J connectivity index is 3.10. The fourth-order valence-electron chi connectivity index (χ4n) is 1.45. The molecule has 0 radical (unpaired) electrons. The molecule has 0 unspecified atom stereocenters. The van der Waals surface area contributed by atoms with Gasteiger partial charge in [0.1, 0.15) is 5.75 Å². The molecule has 14 heavy (non-hydrogen) atoms. The molecule has 0 bridgehead atoms. The third-order valence-electron chi connectivity index (χ3n) is 2.14. The standard InChI is InChI=1S/C10H8BrNO2/c1-12-5-7(11)9-6(10(12)14)3-2-4-8(9)13/h2-5,13H,1H3. The molecule has 0 saturated heterocycles. The number of hydrogen-bond acceptors (Lipinski definition) is 2. The van der Waals surface area contributed by atoms with Gasteiger partial charge in [0.25, 0.3) is 5.56 Å². The summed E-state index contributed by atoms with van der Waals surface area (Å²) in [5, 5.41) is 10.7. The average Bonchev–Trinajstić information content (AvgIpc) is 2.14. The predicted molar refractivity (Wildman–Crippen MR) is 58.6 cm³/mol. The van der Waals surface area contributed by atoms with Gasteiger partial charge < -0.3 is 9.67 Å². The van der Waals surface area contributed by atoms with Crippen molar-refractivity contribution in [2.24, 2.45) is 7.05 Å². The first kappa shape index (κ1) is 9.27. The van der Waals surface area contributed by atoms with Gasteiger partial charge in [-0.3, -0.25) is 4.79 Å². The maximum absolute atomic E-state index is 11.7. The van der Waals surface area contributed by atoms with E-state index in [0.717, 1.165) is 0 Å². The van der Waals surface area contributed by atoms with Gasteiger partial charge in [-0.05, 0) is 28.1 Å². The van der Waals surface area contributed by atoms with Gasteiger partial charge in [0.05, 0.1) is 5.39 Å². The molecule has 2 aromatic rings. The number of pyridine rings is 1. The number of halogens is 1. The van der Waals surface area contributed by atoms with E-state index in [1.165, 1.54) is 4.57 Å². The van der Waals surface area contributed by atoms with Crippen LogP contribution in [0.3, 0.4) is 0 Å². The first-order chi connectivity index (χ1) is 6.61. The highest BCUT2D eigenvalue weighted by Gasteiger charge is 2.08. The number of hydrogen-bond donors (Lipinski definition) is 1. The summed E-state index contributed by atoms with van der Waals surface area (Å²) in [5.74, 6) is 0.118. The predicted octanol–water partition coefficient (Wildman–Crippen LogP) is 2.01. The summed E-state index contributed by atoms with van der Waals surface area (Å²) in [5.41, 5.74) is -0.112. The van der Waals surface area contributed by atoms with Crippen LogP contribution in [0.4, 0.5) is 0 Å². The zero-order valence-corrected chi connectivity index (χ0v) is 9.08. The molecule has 1 aromatic heterocycles. The van der Waals surface area contributed by atoms with Crippen molar-refractivity contribution in [2.75, 3.05) is 0 Å². The fraction of sp³-hybridized carbons (Fsp3) is 0.100. The second kappa shape index (κ2) is 3.13. The molecule has 0 saturated carbocycles. The fourth-order valence-corrected chi connectivity index (χ4v) is 2.18. The second-order valence-corrected chi connectivity index (χ2v) is 3.95. The van der Waals surface area contributed by atoms with E-state index >= 15 is 0 Å². The summed E-state index contributed by atoms with van der Waals surface area (Å²) in [6.45, 7) is 0. The van der Waals surface area contributed by atoms with Gasteiger partial charge in [-0.15, -0.1) is 0 Å². The molecule has 4 heteroatoms. The second-order valence-electron chi connectivity index (χ2n) is 3.09. The normalized spacial score (nSPS) is 10.7. The molecular weight excluding hydrogens is 246 g/mol. The summed E-state index contributed by atoms with van der Waals surface area (Å²) in [6, 6.07) is 4.92. The molecule has 0 aliphatic heterocycles. The molecule has 0 aliphatic carbocycles. The molecule has 0 amide bonds. The topological polar surface area (TPSA) is 42.2 Å². The number of benzene rings is 1. The highest BCUT2D eigenvalue weighted by atomic mass is 79.9.